The summed E-state index contributed by atoms with van der Waals surface area (Å²) in [5.41, 5.74) is 0.991. The summed E-state index contributed by atoms with van der Waals surface area (Å²) in [7, 11) is -3.40. The van der Waals surface area contributed by atoms with Crippen LogP contribution in [0.2, 0.25) is 0 Å². The van der Waals surface area contributed by atoms with Crippen LogP contribution in [0, 0.1) is 0 Å². The molecular formula is C12H22N2O3S2. The monoisotopic (exact) mass is 306 g/mol. The Morgan fingerprint density at radius 1 is 1.42 bits per heavy atom. The van der Waals surface area contributed by atoms with Crippen molar-refractivity contribution in [1.82, 2.24) is 10.0 Å². The third-order valence-corrected chi connectivity index (χ3v) is 5.27. The van der Waals surface area contributed by atoms with Crippen molar-refractivity contribution in [3.8, 4) is 0 Å². The molecule has 0 bridgehead atoms. The van der Waals surface area contributed by atoms with Gasteiger partial charge in [-0.3, -0.25) is 0 Å². The zero-order valence-corrected chi connectivity index (χ0v) is 13.2. The highest BCUT2D eigenvalue weighted by Crippen LogP contribution is 2.19. The van der Waals surface area contributed by atoms with E-state index in [2.05, 4.69) is 10.0 Å². The lowest BCUT2D eigenvalue weighted by Crippen LogP contribution is -2.27. The topological polar surface area (TPSA) is 67.4 Å². The average molecular weight is 306 g/mol. The fraction of sp³-hybridized carbons (Fsp3) is 0.667. The van der Waals surface area contributed by atoms with Gasteiger partial charge < -0.3 is 10.1 Å². The van der Waals surface area contributed by atoms with Crippen LogP contribution in [0.4, 0.5) is 0 Å². The molecule has 0 radical (unpaired) electrons. The standard InChI is InChI=1S/C12H22N2O3S2/c1-4-13-8-11-7-12(18-9-11)19(15,16)14-5-6-17-10(2)3/h7,9-10,13-14H,4-6,8H2,1-3H3. The summed E-state index contributed by atoms with van der Waals surface area (Å²) in [6.45, 7) is 8.08. The smallest absolute Gasteiger partial charge is 0.250 e. The Balaban J connectivity index is 2.50. The molecule has 110 valence electrons. The van der Waals surface area contributed by atoms with Crippen LogP contribution in [0.1, 0.15) is 26.3 Å². The van der Waals surface area contributed by atoms with E-state index in [4.69, 9.17) is 4.74 Å². The molecule has 0 aliphatic carbocycles. The van der Waals surface area contributed by atoms with Crippen molar-refractivity contribution in [3.05, 3.63) is 17.0 Å². The van der Waals surface area contributed by atoms with Gasteiger partial charge in [-0.25, -0.2) is 13.1 Å². The Labute approximate surface area is 119 Å². The second-order valence-electron chi connectivity index (χ2n) is 4.37. The summed E-state index contributed by atoms with van der Waals surface area (Å²) in [5.74, 6) is 0. The van der Waals surface area contributed by atoms with E-state index in [0.29, 0.717) is 23.9 Å². The van der Waals surface area contributed by atoms with E-state index in [1.807, 2.05) is 26.2 Å². The second kappa shape index (κ2) is 7.96. The van der Waals surface area contributed by atoms with Crippen molar-refractivity contribution < 1.29 is 13.2 Å². The quantitative estimate of drug-likeness (QED) is 0.680. The SMILES string of the molecule is CCNCc1csc(S(=O)(=O)NCCOC(C)C)c1. The number of ether oxygens (including phenoxy) is 1. The number of nitrogens with one attached hydrogen (secondary N) is 2. The van der Waals surface area contributed by atoms with E-state index in [-0.39, 0.29) is 6.10 Å². The van der Waals surface area contributed by atoms with Crippen molar-refractivity contribution >= 4 is 21.4 Å². The zero-order chi connectivity index (χ0) is 14.3. The minimum atomic E-state index is -3.40. The lowest BCUT2D eigenvalue weighted by atomic mass is 10.3. The third kappa shape index (κ3) is 6.01. The van der Waals surface area contributed by atoms with Crippen LogP contribution in [0.15, 0.2) is 15.7 Å². The van der Waals surface area contributed by atoms with Gasteiger partial charge in [0.25, 0.3) is 0 Å². The van der Waals surface area contributed by atoms with Crippen LogP contribution in [-0.2, 0) is 21.3 Å². The molecule has 0 atom stereocenters. The molecule has 0 aromatic carbocycles. The maximum absolute atomic E-state index is 12.0. The van der Waals surface area contributed by atoms with Crippen LogP contribution in [-0.4, -0.2) is 34.2 Å². The van der Waals surface area contributed by atoms with Crippen molar-refractivity contribution in [1.29, 1.82) is 0 Å². The highest BCUT2D eigenvalue weighted by Gasteiger charge is 2.16. The van der Waals surface area contributed by atoms with Crippen LogP contribution in [0.3, 0.4) is 0 Å². The van der Waals surface area contributed by atoms with Gasteiger partial charge in [0.15, 0.2) is 0 Å². The van der Waals surface area contributed by atoms with E-state index in [0.717, 1.165) is 12.1 Å². The minimum Gasteiger partial charge on any atom is -0.377 e. The molecule has 1 heterocycles. The van der Waals surface area contributed by atoms with Crippen LogP contribution < -0.4 is 10.0 Å². The van der Waals surface area contributed by atoms with Gasteiger partial charge >= 0.3 is 0 Å². The number of rotatable bonds is 9. The molecule has 7 heteroatoms. The molecule has 19 heavy (non-hydrogen) atoms. The largest absolute Gasteiger partial charge is 0.377 e. The number of thiophene rings is 1. The van der Waals surface area contributed by atoms with Crippen LogP contribution in [0.25, 0.3) is 0 Å². The Bertz CT molecular complexity index is 469. The lowest BCUT2D eigenvalue weighted by molar-refractivity contribution is 0.0834. The first-order chi connectivity index (χ1) is 8.95. The van der Waals surface area contributed by atoms with Crippen molar-refractivity contribution in [2.45, 2.75) is 37.6 Å². The number of hydrogen-bond donors (Lipinski definition) is 2. The van der Waals surface area contributed by atoms with E-state index in [9.17, 15) is 8.42 Å². The Hall–Kier alpha value is -0.470. The van der Waals surface area contributed by atoms with Gasteiger partial charge in [-0.2, -0.15) is 0 Å². The summed E-state index contributed by atoms with van der Waals surface area (Å²) >= 11 is 1.24. The first kappa shape index (κ1) is 16.6. The highest BCUT2D eigenvalue weighted by atomic mass is 32.2. The zero-order valence-electron chi connectivity index (χ0n) is 11.6. The maximum Gasteiger partial charge on any atom is 0.250 e. The fourth-order valence-electron chi connectivity index (χ4n) is 1.40. The molecule has 0 saturated heterocycles. The first-order valence-corrected chi connectivity index (χ1v) is 8.71. The molecule has 0 spiro atoms. The molecule has 0 aliphatic heterocycles. The molecule has 0 saturated carbocycles. The molecule has 0 fully saturated rings. The molecule has 1 aromatic heterocycles. The molecule has 1 rings (SSSR count). The average Bonchev–Trinajstić information content (AvgIpc) is 2.81. The van der Waals surface area contributed by atoms with Crippen molar-refractivity contribution in [3.63, 3.8) is 0 Å². The molecular weight excluding hydrogens is 284 g/mol. The van der Waals surface area contributed by atoms with Gasteiger partial charge in [0, 0.05) is 13.1 Å². The molecule has 1 aromatic rings. The lowest BCUT2D eigenvalue weighted by Gasteiger charge is -2.08. The van der Waals surface area contributed by atoms with Gasteiger partial charge in [0.05, 0.1) is 12.7 Å². The summed E-state index contributed by atoms with van der Waals surface area (Å²) in [5, 5.41) is 5.03. The summed E-state index contributed by atoms with van der Waals surface area (Å²) in [6, 6.07) is 1.71. The Morgan fingerprint density at radius 3 is 2.79 bits per heavy atom. The van der Waals surface area contributed by atoms with Gasteiger partial charge in [0.2, 0.25) is 10.0 Å². The second-order valence-corrected chi connectivity index (χ2v) is 7.28. The molecule has 0 unspecified atom stereocenters. The molecule has 0 aliphatic rings. The highest BCUT2D eigenvalue weighted by molar-refractivity contribution is 7.91. The van der Waals surface area contributed by atoms with E-state index < -0.39 is 10.0 Å². The van der Waals surface area contributed by atoms with Crippen LogP contribution in [0.5, 0.6) is 0 Å². The van der Waals surface area contributed by atoms with Crippen LogP contribution >= 0.6 is 11.3 Å². The summed E-state index contributed by atoms with van der Waals surface area (Å²) in [4.78, 5) is 0. The molecule has 5 nitrogen and oxygen atoms in total. The van der Waals surface area contributed by atoms with Gasteiger partial charge in [-0.1, -0.05) is 6.92 Å². The van der Waals surface area contributed by atoms with Gasteiger partial charge in [0.1, 0.15) is 4.21 Å². The van der Waals surface area contributed by atoms with Crippen molar-refractivity contribution in [2.24, 2.45) is 0 Å². The maximum atomic E-state index is 12.0. The summed E-state index contributed by atoms with van der Waals surface area (Å²) < 4.78 is 32.2. The predicted octanol–water partition coefficient (Wildman–Crippen LogP) is 1.56. The van der Waals surface area contributed by atoms with E-state index in [1.54, 1.807) is 6.07 Å². The minimum absolute atomic E-state index is 0.109. The third-order valence-electron chi connectivity index (χ3n) is 2.32. The first-order valence-electron chi connectivity index (χ1n) is 6.35. The fourth-order valence-corrected chi connectivity index (χ4v) is 3.66. The van der Waals surface area contributed by atoms with Gasteiger partial charge in [-0.05, 0) is 37.4 Å². The Morgan fingerprint density at radius 2 is 2.16 bits per heavy atom. The molecule has 0 amide bonds. The Kier molecular flexibility index (Phi) is 6.95. The number of sulfonamides is 1. The normalized spacial score (nSPS) is 12.2. The van der Waals surface area contributed by atoms with Gasteiger partial charge in [-0.15, -0.1) is 11.3 Å². The van der Waals surface area contributed by atoms with E-state index in [1.165, 1.54) is 11.3 Å². The van der Waals surface area contributed by atoms with E-state index >= 15 is 0 Å². The molecule has 2 N–H and O–H groups in total. The number of hydrogen-bond acceptors (Lipinski definition) is 5. The predicted molar refractivity (Wildman–Crippen MR) is 78.0 cm³/mol. The summed E-state index contributed by atoms with van der Waals surface area (Å²) in [6.07, 6.45) is 0.109. The van der Waals surface area contributed by atoms with Crippen molar-refractivity contribution in [2.75, 3.05) is 19.7 Å².